The Hall–Kier alpha value is -1.35. The Morgan fingerprint density at radius 3 is 2.23 bits per heavy atom. The number of carbonyl (C=O) groups is 2. The van der Waals surface area contributed by atoms with Crippen molar-refractivity contribution in [2.24, 2.45) is 5.92 Å². The fourth-order valence-corrected chi connectivity index (χ4v) is 2.73. The van der Waals surface area contributed by atoms with Crippen LogP contribution in [-0.2, 0) is 4.79 Å². The number of hydrogen-bond acceptors (Lipinski definition) is 3. The number of carbonyl (C=O) groups excluding carboxylic acids is 2. The standard InChI is InChI=1S/C18H25ClO3/c1-2-3-4-5-6-7-8-12-15(18(19)22)17(21)14-11-9-10-13-16(14)20/h9-11,13,15,20H,2-8,12H2,1H3. The lowest BCUT2D eigenvalue weighted by atomic mass is 9.92. The molecule has 1 atom stereocenters. The number of Topliss-reactive ketones (excluding diaryl/α,β-unsaturated/α-hetero) is 1. The average Bonchev–Trinajstić information content (AvgIpc) is 2.49. The summed E-state index contributed by atoms with van der Waals surface area (Å²) in [4.78, 5) is 23.9. The normalized spacial score (nSPS) is 12.1. The van der Waals surface area contributed by atoms with Gasteiger partial charge in [0.25, 0.3) is 0 Å². The van der Waals surface area contributed by atoms with Crippen LogP contribution in [-0.4, -0.2) is 16.1 Å². The lowest BCUT2D eigenvalue weighted by Gasteiger charge is -2.12. The number of rotatable bonds is 11. The van der Waals surface area contributed by atoms with E-state index in [2.05, 4.69) is 6.92 Å². The molecule has 0 aliphatic rings. The van der Waals surface area contributed by atoms with Gasteiger partial charge in [-0.05, 0) is 30.2 Å². The van der Waals surface area contributed by atoms with Gasteiger partial charge in [0.15, 0.2) is 5.78 Å². The monoisotopic (exact) mass is 324 g/mol. The zero-order valence-electron chi connectivity index (χ0n) is 13.2. The van der Waals surface area contributed by atoms with E-state index in [1.807, 2.05) is 0 Å². The summed E-state index contributed by atoms with van der Waals surface area (Å²) in [6.45, 7) is 2.18. The van der Waals surface area contributed by atoms with E-state index in [0.717, 1.165) is 19.3 Å². The van der Waals surface area contributed by atoms with E-state index in [1.54, 1.807) is 12.1 Å². The van der Waals surface area contributed by atoms with Crippen molar-refractivity contribution in [3.63, 3.8) is 0 Å². The first-order valence-electron chi connectivity index (χ1n) is 8.09. The Labute approximate surface area is 137 Å². The summed E-state index contributed by atoms with van der Waals surface area (Å²) >= 11 is 5.58. The molecule has 0 heterocycles. The Morgan fingerprint density at radius 1 is 1.05 bits per heavy atom. The number of phenolic OH excluding ortho intramolecular Hbond substituents is 1. The number of benzene rings is 1. The molecule has 0 aliphatic carbocycles. The third-order valence-electron chi connectivity index (χ3n) is 3.86. The zero-order valence-corrected chi connectivity index (χ0v) is 13.9. The van der Waals surface area contributed by atoms with Gasteiger partial charge in [-0.1, -0.05) is 64.0 Å². The minimum Gasteiger partial charge on any atom is -0.507 e. The van der Waals surface area contributed by atoms with Gasteiger partial charge in [0, 0.05) is 0 Å². The molecule has 122 valence electrons. The molecule has 0 aromatic heterocycles. The second kappa shape index (κ2) is 10.4. The zero-order chi connectivity index (χ0) is 16.4. The smallest absolute Gasteiger partial charge is 0.232 e. The summed E-state index contributed by atoms with van der Waals surface area (Å²) in [6.07, 6.45) is 8.28. The van der Waals surface area contributed by atoms with Crippen LogP contribution < -0.4 is 0 Å². The number of ketones is 1. The molecule has 0 amide bonds. The van der Waals surface area contributed by atoms with Gasteiger partial charge in [-0.15, -0.1) is 0 Å². The van der Waals surface area contributed by atoms with Crippen molar-refractivity contribution in [2.75, 3.05) is 0 Å². The molecule has 1 unspecified atom stereocenters. The second-order valence-corrected chi connectivity index (χ2v) is 6.02. The van der Waals surface area contributed by atoms with Crippen LogP contribution in [0.1, 0.15) is 68.6 Å². The highest BCUT2D eigenvalue weighted by Crippen LogP contribution is 2.24. The third-order valence-corrected chi connectivity index (χ3v) is 4.12. The maximum atomic E-state index is 12.3. The molecule has 0 bridgehead atoms. The van der Waals surface area contributed by atoms with Crippen molar-refractivity contribution < 1.29 is 14.7 Å². The molecule has 1 aromatic rings. The fraction of sp³-hybridized carbons (Fsp3) is 0.556. The van der Waals surface area contributed by atoms with E-state index in [4.69, 9.17) is 11.6 Å². The molecule has 0 aliphatic heterocycles. The van der Waals surface area contributed by atoms with Crippen molar-refractivity contribution >= 4 is 22.6 Å². The van der Waals surface area contributed by atoms with Gasteiger partial charge in [-0.25, -0.2) is 0 Å². The SMILES string of the molecule is CCCCCCCCCC(C(=O)Cl)C(=O)c1ccccc1O. The highest BCUT2D eigenvalue weighted by Gasteiger charge is 2.27. The molecule has 3 nitrogen and oxygen atoms in total. The van der Waals surface area contributed by atoms with Crippen molar-refractivity contribution in [3.05, 3.63) is 29.8 Å². The largest absolute Gasteiger partial charge is 0.507 e. The maximum Gasteiger partial charge on any atom is 0.232 e. The summed E-state index contributed by atoms with van der Waals surface area (Å²) in [7, 11) is 0. The van der Waals surface area contributed by atoms with Crippen LogP contribution >= 0.6 is 11.6 Å². The van der Waals surface area contributed by atoms with Gasteiger partial charge < -0.3 is 5.11 Å². The number of unbranched alkanes of at least 4 members (excludes halogenated alkanes) is 6. The van der Waals surface area contributed by atoms with E-state index in [-0.39, 0.29) is 17.1 Å². The average molecular weight is 325 g/mol. The fourth-order valence-electron chi connectivity index (χ4n) is 2.52. The Balaban J connectivity index is 2.47. The van der Waals surface area contributed by atoms with Gasteiger partial charge >= 0.3 is 0 Å². The summed E-state index contributed by atoms with van der Waals surface area (Å²) < 4.78 is 0. The van der Waals surface area contributed by atoms with Crippen molar-refractivity contribution in [2.45, 2.75) is 58.3 Å². The molecule has 0 saturated carbocycles. The summed E-state index contributed by atoms with van der Waals surface area (Å²) in [5, 5.41) is 9.09. The summed E-state index contributed by atoms with van der Waals surface area (Å²) in [5.41, 5.74) is 0.171. The molecule has 1 rings (SSSR count). The molecule has 4 heteroatoms. The molecule has 0 saturated heterocycles. The maximum absolute atomic E-state index is 12.3. The van der Waals surface area contributed by atoms with Crippen LogP contribution in [0.3, 0.4) is 0 Å². The number of hydrogen-bond donors (Lipinski definition) is 1. The van der Waals surface area contributed by atoms with Gasteiger partial charge in [0.2, 0.25) is 5.24 Å². The third kappa shape index (κ3) is 6.18. The van der Waals surface area contributed by atoms with Gasteiger partial charge in [-0.3, -0.25) is 9.59 Å². The molecular formula is C18H25ClO3. The molecule has 1 aromatic carbocycles. The van der Waals surface area contributed by atoms with Crippen LogP contribution in [0.25, 0.3) is 0 Å². The minimum atomic E-state index is -0.856. The highest BCUT2D eigenvalue weighted by molar-refractivity contribution is 6.65. The lowest BCUT2D eigenvalue weighted by molar-refractivity contribution is -0.114. The van der Waals surface area contributed by atoms with Crippen LogP contribution in [0.4, 0.5) is 0 Å². The molecule has 22 heavy (non-hydrogen) atoms. The van der Waals surface area contributed by atoms with Gasteiger partial charge in [0.05, 0.1) is 11.5 Å². The van der Waals surface area contributed by atoms with Gasteiger partial charge in [-0.2, -0.15) is 0 Å². The number of para-hydroxylation sites is 1. The first kappa shape index (κ1) is 18.7. The van der Waals surface area contributed by atoms with Crippen molar-refractivity contribution in [1.29, 1.82) is 0 Å². The number of phenols is 1. The van der Waals surface area contributed by atoms with Crippen LogP contribution in [0, 0.1) is 5.92 Å². The molecule has 0 fully saturated rings. The summed E-state index contributed by atoms with van der Waals surface area (Å²) in [5.74, 6) is -1.34. The molecular weight excluding hydrogens is 300 g/mol. The Bertz CT molecular complexity index is 485. The van der Waals surface area contributed by atoms with Crippen LogP contribution in [0.15, 0.2) is 24.3 Å². The molecule has 1 N–H and O–H groups in total. The van der Waals surface area contributed by atoms with E-state index in [1.165, 1.54) is 37.8 Å². The van der Waals surface area contributed by atoms with Crippen LogP contribution in [0.5, 0.6) is 5.75 Å². The number of halogens is 1. The molecule has 0 radical (unpaired) electrons. The molecule has 0 spiro atoms. The Kier molecular flexibility index (Phi) is 8.83. The van der Waals surface area contributed by atoms with Crippen molar-refractivity contribution in [3.8, 4) is 5.75 Å². The van der Waals surface area contributed by atoms with E-state index >= 15 is 0 Å². The predicted octanol–water partition coefficient (Wildman–Crippen LogP) is 5.10. The predicted molar refractivity (Wildman–Crippen MR) is 89.4 cm³/mol. The lowest BCUT2D eigenvalue weighted by Crippen LogP contribution is -2.21. The number of aromatic hydroxyl groups is 1. The van der Waals surface area contributed by atoms with E-state index in [0.29, 0.717) is 6.42 Å². The van der Waals surface area contributed by atoms with Crippen molar-refractivity contribution in [1.82, 2.24) is 0 Å². The topological polar surface area (TPSA) is 54.4 Å². The van der Waals surface area contributed by atoms with Crippen LogP contribution in [0.2, 0.25) is 0 Å². The quantitative estimate of drug-likeness (QED) is 0.267. The highest BCUT2D eigenvalue weighted by atomic mass is 35.5. The van der Waals surface area contributed by atoms with E-state index < -0.39 is 11.2 Å². The first-order valence-corrected chi connectivity index (χ1v) is 8.47. The second-order valence-electron chi connectivity index (χ2n) is 5.65. The van der Waals surface area contributed by atoms with E-state index in [9.17, 15) is 14.7 Å². The van der Waals surface area contributed by atoms with Gasteiger partial charge in [0.1, 0.15) is 5.75 Å². The minimum absolute atomic E-state index is 0.102. The first-order chi connectivity index (χ1) is 10.6. The Morgan fingerprint density at radius 2 is 1.64 bits per heavy atom. The summed E-state index contributed by atoms with van der Waals surface area (Å²) in [6, 6.07) is 6.27.